The predicted octanol–water partition coefficient (Wildman–Crippen LogP) is 2.17. The molecule has 0 spiro atoms. The van der Waals surface area contributed by atoms with Crippen LogP contribution in [0.25, 0.3) is 5.69 Å². The van der Waals surface area contributed by atoms with Crippen LogP contribution in [-0.2, 0) is 0 Å². The Hall–Kier alpha value is -1.72. The molecule has 0 atom stereocenters. The molecule has 0 bridgehead atoms. The topological polar surface area (TPSA) is 75.1 Å². The summed E-state index contributed by atoms with van der Waals surface area (Å²) in [6.45, 7) is 0. The maximum Gasteiger partial charge on any atom is 0.342 e. The average Bonchev–Trinajstić information content (AvgIpc) is 2.64. The molecule has 2 rings (SSSR count). The van der Waals surface area contributed by atoms with E-state index >= 15 is 0 Å². The zero-order valence-electron chi connectivity index (χ0n) is 8.28. The lowest BCUT2D eigenvalue weighted by atomic mass is 10.3. The lowest BCUT2D eigenvalue weighted by Crippen LogP contribution is -2.11. The number of nitrogens with zero attached hydrogens (tertiary/aromatic N) is 1. The van der Waals surface area contributed by atoms with E-state index in [9.17, 15) is 9.59 Å². The van der Waals surface area contributed by atoms with E-state index in [1.807, 2.05) is 0 Å². The largest absolute Gasteiger partial charge is 0.477 e. The fourth-order valence-corrected chi connectivity index (χ4v) is 1.61. The monoisotopic (exact) mass is 272 g/mol. The van der Waals surface area contributed by atoms with Gasteiger partial charge in [-0.05, 0) is 18.2 Å². The van der Waals surface area contributed by atoms with Crippen molar-refractivity contribution in [2.24, 2.45) is 0 Å². The van der Waals surface area contributed by atoms with E-state index in [-0.39, 0.29) is 5.56 Å². The zero-order valence-corrected chi connectivity index (χ0v) is 9.79. The summed E-state index contributed by atoms with van der Waals surface area (Å²) in [6, 6.07) is 4.68. The Labute approximate surface area is 105 Å². The van der Waals surface area contributed by atoms with Crippen LogP contribution in [0.4, 0.5) is 0 Å². The third kappa shape index (κ3) is 2.20. The first kappa shape index (κ1) is 11.8. The SMILES string of the molecule is O=C(O)c1cn(-c2ccc(Cl)c(Cl)c2)[nH]c1=O. The molecule has 0 aliphatic carbocycles. The highest BCUT2D eigenvalue weighted by molar-refractivity contribution is 6.42. The molecule has 0 amide bonds. The molecule has 1 aromatic carbocycles. The molecule has 2 aromatic rings. The number of benzene rings is 1. The molecule has 7 heteroatoms. The lowest BCUT2D eigenvalue weighted by molar-refractivity contribution is 0.0695. The minimum atomic E-state index is -1.29. The van der Waals surface area contributed by atoms with Crippen molar-refractivity contribution >= 4 is 29.2 Å². The molecular weight excluding hydrogens is 267 g/mol. The first-order chi connectivity index (χ1) is 7.99. The Morgan fingerprint density at radius 2 is 2.00 bits per heavy atom. The van der Waals surface area contributed by atoms with Crippen molar-refractivity contribution in [2.45, 2.75) is 0 Å². The van der Waals surface area contributed by atoms with Crippen LogP contribution in [-0.4, -0.2) is 20.9 Å². The zero-order chi connectivity index (χ0) is 12.6. The number of carbonyl (C=O) groups is 1. The second-order valence-electron chi connectivity index (χ2n) is 3.26. The molecule has 88 valence electrons. The van der Waals surface area contributed by atoms with Crippen molar-refractivity contribution in [3.63, 3.8) is 0 Å². The normalized spacial score (nSPS) is 10.5. The summed E-state index contributed by atoms with van der Waals surface area (Å²) < 4.78 is 1.27. The van der Waals surface area contributed by atoms with E-state index in [2.05, 4.69) is 5.10 Å². The molecule has 5 nitrogen and oxygen atoms in total. The van der Waals surface area contributed by atoms with Crippen LogP contribution in [0.2, 0.25) is 10.0 Å². The number of H-pyrrole nitrogens is 1. The van der Waals surface area contributed by atoms with Gasteiger partial charge in [-0.15, -0.1) is 0 Å². The van der Waals surface area contributed by atoms with E-state index in [1.54, 1.807) is 12.1 Å². The maximum absolute atomic E-state index is 11.3. The molecule has 0 radical (unpaired) electrons. The van der Waals surface area contributed by atoms with Gasteiger partial charge in [0.15, 0.2) is 0 Å². The third-order valence-corrected chi connectivity index (χ3v) is 2.88. The third-order valence-electron chi connectivity index (χ3n) is 2.14. The van der Waals surface area contributed by atoms with E-state index in [0.717, 1.165) is 0 Å². The Morgan fingerprint density at radius 1 is 1.29 bits per heavy atom. The summed E-state index contributed by atoms with van der Waals surface area (Å²) in [4.78, 5) is 22.0. The number of rotatable bonds is 2. The Kier molecular flexibility index (Phi) is 2.95. The van der Waals surface area contributed by atoms with Gasteiger partial charge in [-0.2, -0.15) is 0 Å². The second-order valence-corrected chi connectivity index (χ2v) is 4.07. The molecule has 2 N–H and O–H groups in total. The van der Waals surface area contributed by atoms with Crippen molar-refractivity contribution < 1.29 is 9.90 Å². The fraction of sp³-hybridized carbons (Fsp3) is 0. The minimum Gasteiger partial charge on any atom is -0.477 e. The molecule has 0 aliphatic rings. The van der Waals surface area contributed by atoms with Crippen LogP contribution >= 0.6 is 23.2 Å². The van der Waals surface area contributed by atoms with Crippen LogP contribution in [0.5, 0.6) is 0 Å². The van der Waals surface area contributed by atoms with E-state index in [0.29, 0.717) is 15.7 Å². The van der Waals surface area contributed by atoms with Crippen molar-refractivity contribution in [3.05, 3.63) is 50.4 Å². The summed E-state index contributed by atoms with van der Waals surface area (Å²) in [5.74, 6) is -1.29. The van der Waals surface area contributed by atoms with E-state index in [4.69, 9.17) is 28.3 Å². The van der Waals surface area contributed by atoms with Crippen molar-refractivity contribution in [1.29, 1.82) is 0 Å². The maximum atomic E-state index is 11.3. The highest BCUT2D eigenvalue weighted by atomic mass is 35.5. The van der Waals surface area contributed by atoms with Crippen molar-refractivity contribution in [1.82, 2.24) is 9.78 Å². The highest BCUT2D eigenvalue weighted by Gasteiger charge is 2.12. The lowest BCUT2D eigenvalue weighted by Gasteiger charge is -2.03. The molecule has 0 unspecified atom stereocenters. The van der Waals surface area contributed by atoms with Crippen LogP contribution in [0.15, 0.2) is 29.2 Å². The van der Waals surface area contributed by atoms with Crippen molar-refractivity contribution in [3.8, 4) is 5.69 Å². The summed E-state index contributed by atoms with van der Waals surface area (Å²) in [7, 11) is 0. The highest BCUT2D eigenvalue weighted by Crippen LogP contribution is 2.23. The molecule has 1 heterocycles. The van der Waals surface area contributed by atoms with Gasteiger partial charge >= 0.3 is 5.97 Å². The number of aromatic carboxylic acids is 1. The van der Waals surface area contributed by atoms with Crippen LogP contribution < -0.4 is 5.56 Å². The summed E-state index contributed by atoms with van der Waals surface area (Å²) in [5, 5.41) is 11.8. The van der Waals surface area contributed by atoms with Gasteiger partial charge in [-0.3, -0.25) is 14.6 Å². The Bertz CT molecular complexity index is 645. The second kappa shape index (κ2) is 4.27. The van der Waals surface area contributed by atoms with Crippen LogP contribution in [0.3, 0.4) is 0 Å². The number of nitrogens with one attached hydrogen (secondary N) is 1. The van der Waals surface area contributed by atoms with Gasteiger partial charge in [0.05, 0.1) is 15.7 Å². The fourth-order valence-electron chi connectivity index (χ4n) is 1.32. The molecule has 17 heavy (non-hydrogen) atoms. The predicted molar refractivity (Wildman–Crippen MR) is 63.4 cm³/mol. The summed E-state index contributed by atoms with van der Waals surface area (Å²) >= 11 is 11.6. The summed E-state index contributed by atoms with van der Waals surface area (Å²) in [5.41, 5.74) is -0.497. The number of carboxylic acid groups (broad SMARTS) is 1. The number of carboxylic acids is 1. The van der Waals surface area contributed by atoms with Gasteiger partial charge < -0.3 is 5.11 Å². The molecule has 0 saturated heterocycles. The average molecular weight is 273 g/mol. The van der Waals surface area contributed by atoms with E-state index in [1.165, 1.54) is 16.9 Å². The number of aromatic amines is 1. The number of halogens is 2. The van der Waals surface area contributed by atoms with Crippen molar-refractivity contribution in [2.75, 3.05) is 0 Å². The molecule has 0 aliphatic heterocycles. The molecule has 0 saturated carbocycles. The standard InChI is InChI=1S/C10H6Cl2N2O3/c11-7-2-1-5(3-8(7)12)14-4-6(10(16)17)9(15)13-14/h1-4H,(H,13,15)(H,16,17). The Morgan fingerprint density at radius 3 is 2.53 bits per heavy atom. The number of aromatic nitrogens is 2. The van der Waals surface area contributed by atoms with Gasteiger partial charge in [-0.25, -0.2) is 4.79 Å². The van der Waals surface area contributed by atoms with Crippen LogP contribution in [0, 0.1) is 0 Å². The van der Waals surface area contributed by atoms with Crippen LogP contribution in [0.1, 0.15) is 10.4 Å². The Balaban J connectivity index is 2.54. The first-order valence-electron chi connectivity index (χ1n) is 4.49. The van der Waals surface area contributed by atoms with E-state index < -0.39 is 11.5 Å². The first-order valence-corrected chi connectivity index (χ1v) is 5.25. The molecular formula is C10H6Cl2N2O3. The van der Waals surface area contributed by atoms with Gasteiger partial charge in [0.1, 0.15) is 5.56 Å². The van der Waals surface area contributed by atoms with Gasteiger partial charge in [0.25, 0.3) is 5.56 Å². The number of hydrogen-bond acceptors (Lipinski definition) is 2. The van der Waals surface area contributed by atoms with Gasteiger partial charge in [0.2, 0.25) is 0 Å². The molecule has 0 fully saturated rings. The summed E-state index contributed by atoms with van der Waals surface area (Å²) in [6.07, 6.45) is 1.18. The minimum absolute atomic E-state index is 0.315. The smallest absolute Gasteiger partial charge is 0.342 e. The molecule has 1 aromatic heterocycles. The van der Waals surface area contributed by atoms with Gasteiger partial charge in [-0.1, -0.05) is 23.2 Å². The van der Waals surface area contributed by atoms with Gasteiger partial charge in [0, 0.05) is 6.20 Å². The quantitative estimate of drug-likeness (QED) is 0.880. The number of hydrogen-bond donors (Lipinski definition) is 2.